The summed E-state index contributed by atoms with van der Waals surface area (Å²) in [6.07, 6.45) is 6.08. The number of carboxylic acids is 1. The van der Waals surface area contributed by atoms with Crippen LogP contribution in [0.5, 0.6) is 0 Å². The third kappa shape index (κ3) is 4.37. The van der Waals surface area contributed by atoms with Gasteiger partial charge in [0.15, 0.2) is 0 Å². The molecule has 0 spiro atoms. The van der Waals surface area contributed by atoms with E-state index in [1.54, 1.807) is 4.90 Å². The topological polar surface area (TPSA) is 72.9 Å². The highest BCUT2D eigenvalue weighted by Crippen LogP contribution is 2.35. The first-order valence-electron chi connectivity index (χ1n) is 8.77. The molecule has 2 fully saturated rings. The van der Waals surface area contributed by atoms with Crippen molar-refractivity contribution >= 4 is 12.0 Å². The largest absolute Gasteiger partial charge is 0.481 e. The molecule has 6 nitrogen and oxygen atoms in total. The van der Waals surface area contributed by atoms with Gasteiger partial charge in [-0.15, -0.1) is 0 Å². The van der Waals surface area contributed by atoms with E-state index >= 15 is 0 Å². The first-order valence-corrected chi connectivity index (χ1v) is 8.77. The third-order valence-electron chi connectivity index (χ3n) is 5.64. The van der Waals surface area contributed by atoms with Gasteiger partial charge in [-0.2, -0.15) is 0 Å². The predicted octanol–water partition coefficient (Wildman–Crippen LogP) is 2.00. The number of nitrogens with one attached hydrogen (secondary N) is 1. The lowest BCUT2D eigenvalue weighted by Crippen LogP contribution is -2.57. The Balaban J connectivity index is 1.92. The number of rotatable bonds is 4. The van der Waals surface area contributed by atoms with Crippen LogP contribution in [0.2, 0.25) is 0 Å². The van der Waals surface area contributed by atoms with Crippen molar-refractivity contribution in [2.45, 2.75) is 51.0 Å². The molecular weight excluding hydrogens is 294 g/mol. The van der Waals surface area contributed by atoms with Crippen molar-refractivity contribution in [1.29, 1.82) is 0 Å². The lowest BCUT2D eigenvalue weighted by molar-refractivity contribution is -0.143. The number of carboxylic acid groups (broad SMARTS) is 1. The van der Waals surface area contributed by atoms with Crippen molar-refractivity contribution in [3.05, 3.63) is 0 Å². The Morgan fingerprint density at radius 3 is 2.65 bits per heavy atom. The number of nitrogens with zero attached hydrogens (tertiary/aromatic N) is 2. The monoisotopic (exact) mass is 325 g/mol. The summed E-state index contributed by atoms with van der Waals surface area (Å²) in [6.45, 7) is 3.90. The second kappa shape index (κ2) is 7.51. The molecule has 0 radical (unpaired) electrons. The van der Waals surface area contributed by atoms with E-state index in [-0.39, 0.29) is 11.6 Å². The molecule has 2 aliphatic rings. The van der Waals surface area contributed by atoms with Gasteiger partial charge in [-0.25, -0.2) is 4.79 Å². The summed E-state index contributed by atoms with van der Waals surface area (Å²) >= 11 is 0. The van der Waals surface area contributed by atoms with Gasteiger partial charge in [0.05, 0.1) is 5.92 Å². The molecule has 0 aromatic heterocycles. The van der Waals surface area contributed by atoms with Crippen molar-refractivity contribution in [3.63, 3.8) is 0 Å². The summed E-state index contributed by atoms with van der Waals surface area (Å²) in [7, 11) is 4.18. The summed E-state index contributed by atoms with van der Waals surface area (Å²) in [5, 5.41) is 12.2. The fourth-order valence-electron chi connectivity index (χ4n) is 4.07. The molecule has 1 aliphatic carbocycles. The Kier molecular flexibility index (Phi) is 5.89. The number of carbonyl (C=O) groups is 2. The standard InChI is InChI=1S/C17H31N3O3/c1-13-6-4-8-17(10-13,19(2)3)12-18-16(23)20-9-5-7-14(11-20)15(21)22/h13-14H,4-12H2,1-3H3,(H,18,23)(H,21,22). The van der Waals surface area contributed by atoms with E-state index in [1.807, 2.05) is 0 Å². The van der Waals surface area contributed by atoms with Gasteiger partial charge in [-0.05, 0) is 45.7 Å². The second-order valence-electron chi connectivity index (χ2n) is 7.60. The van der Waals surface area contributed by atoms with Crippen LogP contribution >= 0.6 is 0 Å². The Bertz CT molecular complexity index is 441. The van der Waals surface area contributed by atoms with Crippen molar-refractivity contribution in [2.75, 3.05) is 33.7 Å². The number of likely N-dealkylation sites (tertiary alicyclic amines) is 1. The molecule has 1 aliphatic heterocycles. The lowest BCUT2D eigenvalue weighted by atomic mass is 9.75. The summed E-state index contributed by atoms with van der Waals surface area (Å²) < 4.78 is 0. The van der Waals surface area contributed by atoms with Gasteiger partial charge in [0.25, 0.3) is 0 Å². The van der Waals surface area contributed by atoms with Gasteiger partial charge in [-0.3, -0.25) is 4.79 Å². The Morgan fingerprint density at radius 2 is 2.04 bits per heavy atom. The van der Waals surface area contributed by atoms with Gasteiger partial charge in [0.2, 0.25) is 0 Å². The van der Waals surface area contributed by atoms with E-state index in [2.05, 4.69) is 31.2 Å². The van der Waals surface area contributed by atoms with Gasteiger partial charge < -0.3 is 20.2 Å². The summed E-state index contributed by atoms with van der Waals surface area (Å²) in [4.78, 5) is 27.5. The highest BCUT2D eigenvalue weighted by molar-refractivity contribution is 5.76. The molecule has 1 saturated heterocycles. The number of likely N-dealkylation sites (N-methyl/N-ethyl adjacent to an activating group) is 1. The average Bonchev–Trinajstić information content (AvgIpc) is 2.52. The summed E-state index contributed by atoms with van der Waals surface area (Å²) in [5.41, 5.74) is 0.0231. The number of carbonyl (C=O) groups excluding carboxylic acids is 1. The summed E-state index contributed by atoms with van der Waals surface area (Å²) in [5.74, 6) is -0.546. The number of hydrogen-bond acceptors (Lipinski definition) is 3. The quantitative estimate of drug-likeness (QED) is 0.829. The van der Waals surface area contributed by atoms with Crippen molar-refractivity contribution in [2.24, 2.45) is 11.8 Å². The smallest absolute Gasteiger partial charge is 0.317 e. The van der Waals surface area contributed by atoms with Crippen LogP contribution in [0.15, 0.2) is 0 Å². The number of piperidine rings is 1. The van der Waals surface area contributed by atoms with Crippen molar-refractivity contribution in [3.8, 4) is 0 Å². The molecule has 1 saturated carbocycles. The molecule has 3 atom stereocenters. The zero-order chi connectivity index (χ0) is 17.0. The van der Waals surface area contributed by atoms with E-state index in [0.29, 0.717) is 32.0 Å². The molecule has 0 bridgehead atoms. The van der Waals surface area contributed by atoms with Crippen LogP contribution in [0.1, 0.15) is 45.4 Å². The van der Waals surface area contributed by atoms with Crippen LogP contribution in [-0.4, -0.2) is 66.2 Å². The fraction of sp³-hybridized carbons (Fsp3) is 0.882. The average molecular weight is 325 g/mol. The molecule has 2 N–H and O–H groups in total. The van der Waals surface area contributed by atoms with E-state index < -0.39 is 11.9 Å². The van der Waals surface area contributed by atoms with Gasteiger partial charge in [0, 0.05) is 25.2 Å². The zero-order valence-corrected chi connectivity index (χ0v) is 14.7. The number of urea groups is 1. The molecule has 0 aromatic rings. The summed E-state index contributed by atoms with van der Waals surface area (Å²) in [6, 6.07) is -0.115. The molecule has 2 amide bonds. The Hall–Kier alpha value is -1.30. The van der Waals surface area contributed by atoms with E-state index in [9.17, 15) is 9.59 Å². The molecule has 6 heteroatoms. The van der Waals surface area contributed by atoms with Crippen LogP contribution in [0.3, 0.4) is 0 Å². The number of aliphatic carboxylic acids is 1. The van der Waals surface area contributed by atoms with Gasteiger partial charge in [0.1, 0.15) is 0 Å². The molecule has 0 aromatic carbocycles. The molecule has 132 valence electrons. The highest BCUT2D eigenvalue weighted by Gasteiger charge is 2.38. The Morgan fingerprint density at radius 1 is 1.30 bits per heavy atom. The molecule has 1 heterocycles. The van der Waals surface area contributed by atoms with Gasteiger partial charge in [-0.1, -0.05) is 19.8 Å². The highest BCUT2D eigenvalue weighted by atomic mass is 16.4. The van der Waals surface area contributed by atoms with E-state index in [0.717, 1.165) is 19.3 Å². The second-order valence-corrected chi connectivity index (χ2v) is 7.60. The maximum absolute atomic E-state index is 12.5. The maximum atomic E-state index is 12.5. The van der Waals surface area contributed by atoms with E-state index in [4.69, 9.17) is 5.11 Å². The van der Waals surface area contributed by atoms with Crippen LogP contribution in [0.25, 0.3) is 0 Å². The zero-order valence-electron chi connectivity index (χ0n) is 14.7. The third-order valence-corrected chi connectivity index (χ3v) is 5.64. The minimum atomic E-state index is -0.798. The van der Waals surface area contributed by atoms with E-state index in [1.165, 1.54) is 12.8 Å². The first-order chi connectivity index (χ1) is 10.8. The number of hydrogen-bond donors (Lipinski definition) is 2. The Labute approximate surface area is 139 Å². The first kappa shape index (κ1) is 18.0. The van der Waals surface area contributed by atoms with Crippen molar-refractivity contribution in [1.82, 2.24) is 15.1 Å². The molecular formula is C17H31N3O3. The van der Waals surface area contributed by atoms with Crippen LogP contribution < -0.4 is 5.32 Å². The van der Waals surface area contributed by atoms with Crippen LogP contribution in [-0.2, 0) is 4.79 Å². The minimum absolute atomic E-state index is 0.0231. The molecule has 23 heavy (non-hydrogen) atoms. The lowest BCUT2D eigenvalue weighted by Gasteiger charge is -2.45. The fourth-order valence-corrected chi connectivity index (χ4v) is 4.07. The molecule has 2 rings (SSSR count). The molecule has 3 unspecified atom stereocenters. The predicted molar refractivity (Wildman–Crippen MR) is 89.4 cm³/mol. The number of amides is 2. The minimum Gasteiger partial charge on any atom is -0.481 e. The normalized spacial score (nSPS) is 31.9. The van der Waals surface area contributed by atoms with Crippen molar-refractivity contribution < 1.29 is 14.7 Å². The SMILES string of the molecule is CC1CCCC(CNC(=O)N2CCCC(C(=O)O)C2)(N(C)C)C1. The maximum Gasteiger partial charge on any atom is 0.317 e. The van der Waals surface area contributed by atoms with Gasteiger partial charge >= 0.3 is 12.0 Å². The van der Waals surface area contributed by atoms with Crippen LogP contribution in [0.4, 0.5) is 4.79 Å². The van der Waals surface area contributed by atoms with Crippen LogP contribution in [0, 0.1) is 11.8 Å².